The molecule has 0 bridgehead atoms. The highest BCUT2D eigenvalue weighted by molar-refractivity contribution is 6.29. The molecule has 4 rings (SSSR count). The molecular formula is C20H13ClFN5O2. The van der Waals surface area contributed by atoms with Gasteiger partial charge in [-0.25, -0.2) is 19.3 Å². The fourth-order valence-corrected chi connectivity index (χ4v) is 3.24. The second-order valence-corrected chi connectivity index (χ2v) is 6.73. The van der Waals surface area contributed by atoms with Crippen molar-refractivity contribution in [2.45, 2.75) is 6.92 Å². The van der Waals surface area contributed by atoms with E-state index in [0.717, 1.165) is 0 Å². The molecule has 1 aromatic carbocycles. The Kier molecular flexibility index (Phi) is 4.56. The van der Waals surface area contributed by atoms with Gasteiger partial charge in [-0.2, -0.15) is 0 Å². The van der Waals surface area contributed by atoms with E-state index in [-0.39, 0.29) is 21.9 Å². The molecule has 9 heteroatoms. The van der Waals surface area contributed by atoms with E-state index in [1.807, 2.05) is 0 Å². The van der Waals surface area contributed by atoms with Gasteiger partial charge in [-0.15, -0.1) is 0 Å². The number of carbonyl (C=O) groups is 1. The lowest BCUT2D eigenvalue weighted by Crippen LogP contribution is -2.23. The molecule has 0 saturated heterocycles. The van der Waals surface area contributed by atoms with Crippen LogP contribution in [-0.4, -0.2) is 25.8 Å². The van der Waals surface area contributed by atoms with Crippen molar-refractivity contribution in [3.63, 3.8) is 0 Å². The third kappa shape index (κ3) is 3.45. The predicted octanol–water partition coefficient (Wildman–Crippen LogP) is 3.25. The maximum Gasteiger partial charge on any atom is 0.254 e. The summed E-state index contributed by atoms with van der Waals surface area (Å²) in [7, 11) is 0. The normalized spacial score (nSPS) is 11.0. The number of hydrogen-bond acceptors (Lipinski definition) is 5. The number of nitrogens with zero attached hydrogens (tertiary/aromatic N) is 3. The van der Waals surface area contributed by atoms with Gasteiger partial charge in [0.25, 0.3) is 5.91 Å². The van der Waals surface area contributed by atoms with Gasteiger partial charge in [0, 0.05) is 23.0 Å². The molecule has 144 valence electrons. The van der Waals surface area contributed by atoms with Gasteiger partial charge in [0.2, 0.25) is 5.43 Å². The number of H-pyrrole nitrogens is 1. The number of nitrogens with two attached hydrogens (primary N) is 1. The Hall–Kier alpha value is -3.65. The number of amides is 1. The maximum atomic E-state index is 13.4. The number of benzene rings is 1. The van der Waals surface area contributed by atoms with Crippen molar-refractivity contribution in [1.29, 1.82) is 0 Å². The zero-order valence-corrected chi connectivity index (χ0v) is 15.8. The third-order valence-electron chi connectivity index (χ3n) is 4.29. The lowest BCUT2D eigenvalue weighted by Gasteiger charge is -2.11. The molecule has 0 atom stereocenters. The molecule has 0 fully saturated rings. The van der Waals surface area contributed by atoms with Gasteiger partial charge < -0.3 is 10.7 Å². The first-order valence-corrected chi connectivity index (χ1v) is 8.85. The summed E-state index contributed by atoms with van der Waals surface area (Å²) in [4.78, 5) is 40.1. The van der Waals surface area contributed by atoms with Crippen molar-refractivity contribution in [1.82, 2.24) is 19.9 Å². The molecule has 4 aromatic rings. The number of aryl methyl sites for hydroxylation is 1. The molecule has 3 heterocycles. The Morgan fingerprint density at radius 3 is 2.41 bits per heavy atom. The number of aromatic amines is 1. The molecule has 0 aliphatic heterocycles. The summed E-state index contributed by atoms with van der Waals surface area (Å²) >= 11 is 6.10. The SMILES string of the molecule is Cc1cc(-c2nc3c(=O)c(C(N)=O)c[nH]c3nc2-c2ccc(F)cc2)cc(Cl)n1. The van der Waals surface area contributed by atoms with E-state index < -0.39 is 17.2 Å². The topological polar surface area (TPSA) is 115 Å². The van der Waals surface area contributed by atoms with Crippen molar-refractivity contribution in [2.24, 2.45) is 5.73 Å². The Labute approximate surface area is 168 Å². The quantitative estimate of drug-likeness (QED) is 0.504. The lowest BCUT2D eigenvalue weighted by atomic mass is 10.0. The number of carbonyl (C=O) groups excluding carboxylic acids is 1. The van der Waals surface area contributed by atoms with Gasteiger partial charge in [0.1, 0.15) is 16.5 Å². The number of pyridine rings is 2. The van der Waals surface area contributed by atoms with Crippen LogP contribution in [0.2, 0.25) is 5.15 Å². The second-order valence-electron chi connectivity index (χ2n) is 6.34. The van der Waals surface area contributed by atoms with Crippen LogP contribution in [0.15, 0.2) is 47.4 Å². The average molecular weight is 410 g/mol. The number of hydrogen-bond donors (Lipinski definition) is 2. The molecule has 7 nitrogen and oxygen atoms in total. The largest absolute Gasteiger partial charge is 0.365 e. The van der Waals surface area contributed by atoms with Crippen LogP contribution >= 0.6 is 11.6 Å². The van der Waals surface area contributed by atoms with Crippen molar-refractivity contribution in [3.05, 3.63) is 75.0 Å². The minimum Gasteiger partial charge on any atom is -0.365 e. The van der Waals surface area contributed by atoms with Crippen molar-refractivity contribution in [2.75, 3.05) is 0 Å². The summed E-state index contributed by atoms with van der Waals surface area (Å²) in [6.07, 6.45) is 1.20. The summed E-state index contributed by atoms with van der Waals surface area (Å²) in [5.41, 5.74) is 7.05. The molecule has 3 aromatic heterocycles. The van der Waals surface area contributed by atoms with E-state index in [1.165, 1.54) is 18.3 Å². The van der Waals surface area contributed by atoms with Crippen molar-refractivity contribution >= 4 is 28.7 Å². The summed E-state index contributed by atoms with van der Waals surface area (Å²) in [5, 5.41) is 0.242. The van der Waals surface area contributed by atoms with Crippen LogP contribution in [0.3, 0.4) is 0 Å². The van der Waals surface area contributed by atoms with Crippen LogP contribution in [-0.2, 0) is 0 Å². The van der Waals surface area contributed by atoms with Gasteiger partial charge >= 0.3 is 0 Å². The number of nitrogens with one attached hydrogen (secondary N) is 1. The molecular weight excluding hydrogens is 397 g/mol. The van der Waals surface area contributed by atoms with Crippen LogP contribution in [0.4, 0.5) is 4.39 Å². The van der Waals surface area contributed by atoms with Crippen LogP contribution in [0.5, 0.6) is 0 Å². The van der Waals surface area contributed by atoms with E-state index in [2.05, 4.69) is 19.9 Å². The highest BCUT2D eigenvalue weighted by Crippen LogP contribution is 2.31. The Balaban J connectivity index is 2.09. The first-order valence-electron chi connectivity index (χ1n) is 8.47. The van der Waals surface area contributed by atoms with E-state index in [4.69, 9.17) is 17.3 Å². The molecule has 0 radical (unpaired) electrons. The molecule has 0 aliphatic rings. The van der Waals surface area contributed by atoms with E-state index in [1.54, 1.807) is 31.2 Å². The first kappa shape index (κ1) is 18.7. The van der Waals surface area contributed by atoms with Crippen LogP contribution < -0.4 is 11.2 Å². The zero-order chi connectivity index (χ0) is 20.7. The predicted molar refractivity (Wildman–Crippen MR) is 107 cm³/mol. The summed E-state index contributed by atoms with van der Waals surface area (Å²) in [5.74, 6) is -1.27. The Bertz CT molecular complexity index is 1320. The second kappa shape index (κ2) is 7.06. The van der Waals surface area contributed by atoms with Gasteiger partial charge in [0.15, 0.2) is 11.2 Å². The summed E-state index contributed by atoms with van der Waals surface area (Å²) < 4.78 is 13.4. The highest BCUT2D eigenvalue weighted by Gasteiger charge is 2.18. The number of primary amides is 1. The first-order chi connectivity index (χ1) is 13.8. The van der Waals surface area contributed by atoms with Crippen LogP contribution in [0.1, 0.15) is 16.1 Å². The third-order valence-corrected chi connectivity index (χ3v) is 4.48. The smallest absolute Gasteiger partial charge is 0.254 e. The standard InChI is InChI=1S/C20H13ClFN5O2/c1-9-6-11(7-14(21)25-9)16-15(10-2-4-12(22)5-3-10)27-20-17(26-16)18(28)13(8-24-20)19(23)29/h2-8H,1H3,(H2,23,29)(H,24,27,28). The Morgan fingerprint density at radius 1 is 1.07 bits per heavy atom. The molecule has 0 saturated carbocycles. The fourth-order valence-electron chi connectivity index (χ4n) is 2.99. The maximum absolute atomic E-state index is 13.4. The van der Waals surface area contributed by atoms with Crippen molar-refractivity contribution < 1.29 is 9.18 Å². The van der Waals surface area contributed by atoms with E-state index in [9.17, 15) is 14.0 Å². The molecule has 0 unspecified atom stereocenters. The molecule has 0 spiro atoms. The number of rotatable bonds is 3. The monoisotopic (exact) mass is 409 g/mol. The van der Waals surface area contributed by atoms with Gasteiger partial charge in [0.05, 0.1) is 11.4 Å². The van der Waals surface area contributed by atoms with Crippen LogP contribution in [0.25, 0.3) is 33.7 Å². The number of fused-ring (bicyclic) bond motifs is 1. The fraction of sp³-hybridized carbons (Fsp3) is 0.0500. The van der Waals surface area contributed by atoms with Crippen LogP contribution in [0, 0.1) is 12.7 Å². The number of aromatic nitrogens is 4. The molecule has 0 aliphatic carbocycles. The van der Waals surface area contributed by atoms with E-state index >= 15 is 0 Å². The molecule has 3 N–H and O–H groups in total. The molecule has 1 amide bonds. The van der Waals surface area contributed by atoms with Crippen molar-refractivity contribution in [3.8, 4) is 22.5 Å². The minimum atomic E-state index is -0.873. The molecule has 29 heavy (non-hydrogen) atoms. The zero-order valence-electron chi connectivity index (χ0n) is 15.0. The van der Waals surface area contributed by atoms with E-state index in [0.29, 0.717) is 28.2 Å². The summed E-state index contributed by atoms with van der Waals surface area (Å²) in [6.45, 7) is 1.76. The highest BCUT2D eigenvalue weighted by atomic mass is 35.5. The van der Waals surface area contributed by atoms with Gasteiger partial charge in [-0.3, -0.25) is 9.59 Å². The Morgan fingerprint density at radius 2 is 1.76 bits per heavy atom. The van der Waals surface area contributed by atoms with Gasteiger partial charge in [-0.05, 0) is 43.3 Å². The lowest BCUT2D eigenvalue weighted by molar-refractivity contribution is 0.0999. The minimum absolute atomic E-state index is 0.0484. The van der Waals surface area contributed by atoms with Gasteiger partial charge in [-0.1, -0.05) is 11.6 Å². The average Bonchev–Trinajstić information content (AvgIpc) is 2.67. The summed E-state index contributed by atoms with van der Waals surface area (Å²) in [6, 6.07) is 9.04. The number of halogens is 2.